The van der Waals surface area contributed by atoms with Crippen LogP contribution >= 0.6 is 11.8 Å². The van der Waals surface area contributed by atoms with E-state index < -0.39 is 5.60 Å². The number of nitrogens with zero attached hydrogens (tertiary/aromatic N) is 1. The highest BCUT2D eigenvalue weighted by Gasteiger charge is 2.35. The van der Waals surface area contributed by atoms with Crippen molar-refractivity contribution in [3.8, 4) is 5.75 Å². The summed E-state index contributed by atoms with van der Waals surface area (Å²) >= 11 is 1.72. The molecule has 39 heavy (non-hydrogen) atoms. The monoisotopic (exact) mass is 545 g/mol. The topological polar surface area (TPSA) is 48.0 Å². The number of piperidine rings is 1. The summed E-state index contributed by atoms with van der Waals surface area (Å²) in [4.78, 5) is 15.8. The van der Waals surface area contributed by atoms with E-state index >= 15 is 0 Å². The van der Waals surface area contributed by atoms with Gasteiger partial charge in [0.1, 0.15) is 18.0 Å². The molecule has 5 nitrogen and oxygen atoms in total. The number of amides is 1. The fourth-order valence-corrected chi connectivity index (χ4v) is 5.00. The summed E-state index contributed by atoms with van der Waals surface area (Å²) in [5.74, 6) is 0.996. The molecule has 1 aliphatic heterocycles. The first-order valence-corrected chi connectivity index (χ1v) is 14.7. The third-order valence-corrected chi connectivity index (χ3v) is 7.34. The Balaban J connectivity index is 1.41. The van der Waals surface area contributed by atoms with Crippen molar-refractivity contribution in [1.29, 1.82) is 0 Å². The number of hydrogen-bond acceptors (Lipinski definition) is 5. The summed E-state index contributed by atoms with van der Waals surface area (Å²) in [7, 11) is 0. The third kappa shape index (κ3) is 8.91. The van der Waals surface area contributed by atoms with Gasteiger partial charge < -0.3 is 19.1 Å². The maximum absolute atomic E-state index is 12.8. The summed E-state index contributed by atoms with van der Waals surface area (Å²) in [5, 5.41) is 0. The second-order valence-electron chi connectivity index (χ2n) is 10.7. The smallest absolute Gasteiger partial charge is 0.410 e. The first-order chi connectivity index (χ1) is 18.8. The molecular weight excluding hydrogens is 506 g/mol. The van der Waals surface area contributed by atoms with Gasteiger partial charge in [-0.25, -0.2) is 4.79 Å². The van der Waals surface area contributed by atoms with Crippen molar-refractivity contribution in [3.05, 3.63) is 102 Å². The number of thioether (sulfide) groups is 1. The Bertz CT molecular complexity index is 1200. The van der Waals surface area contributed by atoms with Crippen LogP contribution in [0.5, 0.6) is 5.75 Å². The Hall–Kier alpha value is -3.22. The predicted molar refractivity (Wildman–Crippen MR) is 159 cm³/mol. The zero-order valence-electron chi connectivity index (χ0n) is 23.3. The van der Waals surface area contributed by atoms with Crippen molar-refractivity contribution in [2.24, 2.45) is 0 Å². The van der Waals surface area contributed by atoms with Gasteiger partial charge in [0.05, 0.1) is 19.3 Å². The average Bonchev–Trinajstić information content (AvgIpc) is 2.94. The van der Waals surface area contributed by atoms with Crippen LogP contribution in [0.4, 0.5) is 4.79 Å². The van der Waals surface area contributed by atoms with Crippen LogP contribution in [0.1, 0.15) is 49.8 Å². The molecule has 1 heterocycles. The van der Waals surface area contributed by atoms with Crippen LogP contribution in [0.3, 0.4) is 0 Å². The standard InChI is InChI=1S/C33H39NO4S/c1-33(2,3)38-32(35)34-21-20-30(31(23-34)37-24-26-12-18-29(39-4)19-13-26)27-14-16-28(17-15-27)36-22-8-11-25-9-6-5-7-10-25/h5-19,30-31H,20-24H2,1-4H3. The van der Waals surface area contributed by atoms with Crippen LogP contribution in [0.2, 0.25) is 0 Å². The van der Waals surface area contributed by atoms with Crippen LogP contribution in [0.25, 0.3) is 6.08 Å². The molecule has 3 aromatic rings. The number of hydrogen-bond donors (Lipinski definition) is 0. The van der Waals surface area contributed by atoms with Gasteiger partial charge in [-0.2, -0.15) is 0 Å². The van der Waals surface area contributed by atoms with Crippen LogP contribution < -0.4 is 4.74 Å². The fraction of sp³-hybridized carbons (Fsp3) is 0.364. The lowest BCUT2D eigenvalue weighted by atomic mass is 9.87. The lowest BCUT2D eigenvalue weighted by Crippen LogP contribution is -2.48. The number of ether oxygens (including phenoxy) is 3. The van der Waals surface area contributed by atoms with Gasteiger partial charge in [-0.15, -0.1) is 11.8 Å². The minimum absolute atomic E-state index is 0.146. The summed E-state index contributed by atoms with van der Waals surface area (Å²) in [6.07, 6.45) is 6.52. The van der Waals surface area contributed by atoms with Crippen LogP contribution in [0, 0.1) is 0 Å². The lowest BCUT2D eigenvalue weighted by molar-refractivity contribution is -0.0359. The molecule has 0 saturated carbocycles. The molecule has 1 saturated heterocycles. The molecule has 1 aliphatic rings. The van der Waals surface area contributed by atoms with E-state index in [1.54, 1.807) is 16.7 Å². The molecule has 1 fully saturated rings. The lowest BCUT2D eigenvalue weighted by Gasteiger charge is -2.39. The van der Waals surface area contributed by atoms with Crippen molar-refractivity contribution >= 4 is 23.9 Å². The Labute approximate surface area is 237 Å². The van der Waals surface area contributed by atoms with Gasteiger partial charge in [-0.1, -0.05) is 60.7 Å². The molecule has 4 rings (SSSR count). The highest BCUT2D eigenvalue weighted by molar-refractivity contribution is 7.98. The van der Waals surface area contributed by atoms with Crippen molar-refractivity contribution in [2.45, 2.75) is 56.3 Å². The van der Waals surface area contributed by atoms with Gasteiger partial charge in [0.2, 0.25) is 0 Å². The van der Waals surface area contributed by atoms with E-state index in [1.165, 1.54) is 10.5 Å². The van der Waals surface area contributed by atoms with E-state index in [9.17, 15) is 4.79 Å². The summed E-state index contributed by atoms with van der Waals surface area (Å²) < 4.78 is 18.1. The molecule has 2 unspecified atom stereocenters. The number of rotatable bonds is 9. The molecule has 0 bridgehead atoms. The van der Waals surface area contributed by atoms with Crippen molar-refractivity contribution in [3.63, 3.8) is 0 Å². The Kier molecular flexibility index (Phi) is 10.1. The molecule has 206 valence electrons. The van der Waals surface area contributed by atoms with Crippen LogP contribution in [0.15, 0.2) is 89.8 Å². The number of carbonyl (C=O) groups is 1. The zero-order chi connectivity index (χ0) is 27.7. The molecule has 0 aromatic heterocycles. The molecule has 0 N–H and O–H groups in total. The number of carbonyl (C=O) groups excluding carboxylic acids is 1. The first kappa shape index (κ1) is 28.8. The molecule has 0 aliphatic carbocycles. The fourth-order valence-electron chi connectivity index (χ4n) is 4.59. The predicted octanol–water partition coefficient (Wildman–Crippen LogP) is 7.81. The molecular formula is C33H39NO4S. The highest BCUT2D eigenvalue weighted by atomic mass is 32.2. The Morgan fingerprint density at radius 3 is 2.38 bits per heavy atom. The summed E-state index contributed by atoms with van der Waals surface area (Å²) in [5.41, 5.74) is 2.93. The number of likely N-dealkylation sites (tertiary alicyclic amines) is 1. The van der Waals surface area contributed by atoms with Crippen LogP contribution in [-0.4, -0.2) is 48.7 Å². The third-order valence-electron chi connectivity index (χ3n) is 6.60. The van der Waals surface area contributed by atoms with E-state index in [0.29, 0.717) is 26.3 Å². The normalized spacial score (nSPS) is 17.8. The van der Waals surface area contributed by atoms with E-state index in [-0.39, 0.29) is 18.1 Å². The van der Waals surface area contributed by atoms with Gasteiger partial charge in [0.15, 0.2) is 0 Å². The van der Waals surface area contributed by atoms with Crippen molar-refractivity contribution in [2.75, 3.05) is 26.0 Å². The molecule has 3 aromatic carbocycles. The van der Waals surface area contributed by atoms with Gasteiger partial charge in [-0.3, -0.25) is 0 Å². The quantitative estimate of drug-likeness (QED) is 0.257. The maximum Gasteiger partial charge on any atom is 0.410 e. The highest BCUT2D eigenvalue weighted by Crippen LogP contribution is 2.33. The molecule has 2 atom stereocenters. The summed E-state index contributed by atoms with van der Waals surface area (Å²) in [6, 6.07) is 26.9. The van der Waals surface area contributed by atoms with Crippen LogP contribution in [-0.2, 0) is 16.1 Å². The van der Waals surface area contributed by atoms with E-state index in [0.717, 1.165) is 23.3 Å². The maximum atomic E-state index is 12.8. The average molecular weight is 546 g/mol. The second-order valence-corrected chi connectivity index (χ2v) is 11.6. The number of benzene rings is 3. The second kappa shape index (κ2) is 13.7. The van der Waals surface area contributed by atoms with Gasteiger partial charge in [-0.05, 0) is 80.5 Å². The first-order valence-electron chi connectivity index (χ1n) is 13.5. The minimum Gasteiger partial charge on any atom is -0.490 e. The minimum atomic E-state index is -0.532. The Morgan fingerprint density at radius 2 is 1.72 bits per heavy atom. The zero-order valence-corrected chi connectivity index (χ0v) is 24.2. The van der Waals surface area contributed by atoms with Crippen molar-refractivity contribution in [1.82, 2.24) is 4.90 Å². The van der Waals surface area contributed by atoms with Crippen molar-refractivity contribution < 1.29 is 19.0 Å². The molecule has 6 heteroatoms. The van der Waals surface area contributed by atoms with E-state index in [4.69, 9.17) is 14.2 Å². The largest absolute Gasteiger partial charge is 0.490 e. The van der Waals surface area contributed by atoms with E-state index in [2.05, 4.69) is 60.9 Å². The van der Waals surface area contributed by atoms with Gasteiger partial charge in [0.25, 0.3) is 0 Å². The van der Waals surface area contributed by atoms with E-state index in [1.807, 2.05) is 57.2 Å². The molecule has 0 radical (unpaired) electrons. The Morgan fingerprint density at radius 1 is 1.00 bits per heavy atom. The summed E-state index contributed by atoms with van der Waals surface area (Å²) in [6.45, 7) is 7.80. The molecule has 1 amide bonds. The molecule has 0 spiro atoms. The van der Waals surface area contributed by atoms with Gasteiger partial charge in [0, 0.05) is 17.4 Å². The van der Waals surface area contributed by atoms with Gasteiger partial charge >= 0.3 is 6.09 Å². The SMILES string of the molecule is CSc1ccc(COC2CN(C(=O)OC(C)(C)C)CCC2c2ccc(OCC=Cc3ccccc3)cc2)cc1.